The van der Waals surface area contributed by atoms with Gasteiger partial charge in [0.1, 0.15) is 11.8 Å². The van der Waals surface area contributed by atoms with Gasteiger partial charge in [-0.25, -0.2) is 13.6 Å². The van der Waals surface area contributed by atoms with Crippen molar-refractivity contribution in [3.05, 3.63) is 28.2 Å². The molecule has 0 aliphatic carbocycles. The molecule has 0 fully saturated rings. The quantitative estimate of drug-likeness (QED) is 0.799. The van der Waals surface area contributed by atoms with E-state index < -0.39 is 37.4 Å². The van der Waals surface area contributed by atoms with E-state index in [2.05, 4.69) is 0 Å². The molecule has 0 saturated carbocycles. The first-order chi connectivity index (χ1) is 9.79. The molecule has 116 valence electrons. The first kappa shape index (κ1) is 17.5. The molecule has 0 aliphatic rings. The van der Waals surface area contributed by atoms with Crippen LogP contribution in [-0.2, 0) is 9.59 Å². The summed E-state index contributed by atoms with van der Waals surface area (Å²) in [7, 11) is 0. The summed E-state index contributed by atoms with van der Waals surface area (Å²) in [4.78, 5) is 22.2. The van der Waals surface area contributed by atoms with Crippen molar-refractivity contribution in [1.82, 2.24) is 5.32 Å². The highest BCUT2D eigenvalue weighted by molar-refractivity contribution is 6.42. The van der Waals surface area contributed by atoms with Crippen LogP contribution in [-0.4, -0.2) is 36.1 Å². The fourth-order valence-electron chi connectivity index (χ4n) is 1.35. The minimum absolute atomic E-state index is 0.218. The van der Waals surface area contributed by atoms with Crippen molar-refractivity contribution in [1.29, 1.82) is 0 Å². The van der Waals surface area contributed by atoms with Crippen molar-refractivity contribution < 1.29 is 28.2 Å². The SMILES string of the molecule is O=C(COc1ccc(Cl)c(Cl)c1)NC(CC(F)F)C(=O)O. The van der Waals surface area contributed by atoms with Crippen LogP contribution in [0.5, 0.6) is 5.75 Å². The van der Waals surface area contributed by atoms with Crippen LogP contribution in [0.15, 0.2) is 18.2 Å². The third-order valence-electron chi connectivity index (χ3n) is 2.31. The van der Waals surface area contributed by atoms with Gasteiger partial charge in [-0.05, 0) is 12.1 Å². The molecule has 1 unspecified atom stereocenters. The van der Waals surface area contributed by atoms with E-state index in [0.717, 1.165) is 0 Å². The predicted molar refractivity (Wildman–Crippen MR) is 72.1 cm³/mol. The minimum Gasteiger partial charge on any atom is -0.484 e. The zero-order valence-electron chi connectivity index (χ0n) is 10.5. The summed E-state index contributed by atoms with van der Waals surface area (Å²) < 4.78 is 29.4. The minimum atomic E-state index is -2.85. The molecule has 0 aromatic heterocycles. The van der Waals surface area contributed by atoms with Crippen molar-refractivity contribution in [3.8, 4) is 5.75 Å². The highest BCUT2D eigenvalue weighted by atomic mass is 35.5. The van der Waals surface area contributed by atoms with Gasteiger partial charge in [0, 0.05) is 12.5 Å². The van der Waals surface area contributed by atoms with Crippen LogP contribution in [0.4, 0.5) is 8.78 Å². The Morgan fingerprint density at radius 1 is 1.29 bits per heavy atom. The Labute approximate surface area is 128 Å². The maximum absolute atomic E-state index is 12.2. The van der Waals surface area contributed by atoms with Crippen LogP contribution < -0.4 is 10.1 Å². The van der Waals surface area contributed by atoms with E-state index in [9.17, 15) is 18.4 Å². The van der Waals surface area contributed by atoms with Crippen LogP contribution >= 0.6 is 23.2 Å². The van der Waals surface area contributed by atoms with Crippen LogP contribution in [0.25, 0.3) is 0 Å². The second-order valence-electron chi connectivity index (χ2n) is 3.95. The van der Waals surface area contributed by atoms with E-state index >= 15 is 0 Å². The van der Waals surface area contributed by atoms with E-state index in [-0.39, 0.29) is 10.8 Å². The molecule has 0 saturated heterocycles. The summed E-state index contributed by atoms with van der Waals surface area (Å²) in [5, 5.41) is 11.2. The fraction of sp³-hybridized carbons (Fsp3) is 0.333. The molecule has 0 heterocycles. The number of carboxylic acids is 1. The molecule has 1 aromatic carbocycles. The molecule has 21 heavy (non-hydrogen) atoms. The number of alkyl halides is 2. The molecular weight excluding hydrogens is 331 g/mol. The molecule has 0 spiro atoms. The lowest BCUT2D eigenvalue weighted by Gasteiger charge is -2.14. The summed E-state index contributed by atoms with van der Waals surface area (Å²) >= 11 is 11.4. The van der Waals surface area contributed by atoms with Crippen LogP contribution in [0, 0.1) is 0 Å². The Morgan fingerprint density at radius 2 is 1.95 bits per heavy atom. The third kappa shape index (κ3) is 6.14. The lowest BCUT2D eigenvalue weighted by atomic mass is 10.2. The van der Waals surface area contributed by atoms with E-state index in [1.165, 1.54) is 18.2 Å². The number of benzene rings is 1. The number of amides is 1. The summed E-state index contributed by atoms with van der Waals surface area (Å²) in [6, 6.07) is 2.60. The predicted octanol–water partition coefficient (Wildman–Crippen LogP) is 2.60. The summed E-state index contributed by atoms with van der Waals surface area (Å²) in [6.45, 7) is -0.537. The topological polar surface area (TPSA) is 75.6 Å². The second-order valence-corrected chi connectivity index (χ2v) is 4.76. The first-order valence-electron chi connectivity index (χ1n) is 5.67. The van der Waals surface area contributed by atoms with E-state index in [1.54, 1.807) is 0 Å². The van der Waals surface area contributed by atoms with Crippen molar-refractivity contribution in [3.63, 3.8) is 0 Å². The lowest BCUT2D eigenvalue weighted by molar-refractivity contribution is -0.143. The molecule has 0 bridgehead atoms. The van der Waals surface area contributed by atoms with Gasteiger partial charge < -0.3 is 15.2 Å². The summed E-state index contributed by atoms with van der Waals surface area (Å²) in [5.41, 5.74) is 0. The maximum Gasteiger partial charge on any atom is 0.326 e. The zero-order chi connectivity index (χ0) is 16.0. The van der Waals surface area contributed by atoms with Gasteiger partial charge in [-0.2, -0.15) is 0 Å². The van der Waals surface area contributed by atoms with Gasteiger partial charge in [-0.3, -0.25) is 4.79 Å². The van der Waals surface area contributed by atoms with Crippen LogP contribution in [0.2, 0.25) is 10.0 Å². The summed E-state index contributed by atoms with van der Waals surface area (Å²) in [5.74, 6) is -2.15. The van der Waals surface area contributed by atoms with E-state index in [0.29, 0.717) is 5.02 Å². The Balaban J connectivity index is 2.52. The van der Waals surface area contributed by atoms with Crippen LogP contribution in [0.3, 0.4) is 0 Å². The normalized spacial score (nSPS) is 12.0. The van der Waals surface area contributed by atoms with Gasteiger partial charge in [-0.15, -0.1) is 0 Å². The lowest BCUT2D eigenvalue weighted by Crippen LogP contribution is -2.44. The highest BCUT2D eigenvalue weighted by Crippen LogP contribution is 2.26. The average Bonchev–Trinajstić information content (AvgIpc) is 2.38. The Hall–Kier alpha value is -1.60. The van der Waals surface area contributed by atoms with Gasteiger partial charge in [-0.1, -0.05) is 23.2 Å². The van der Waals surface area contributed by atoms with E-state index in [4.69, 9.17) is 33.0 Å². The molecule has 9 heteroatoms. The maximum atomic E-state index is 12.2. The third-order valence-corrected chi connectivity index (χ3v) is 3.05. The average molecular weight is 342 g/mol. The van der Waals surface area contributed by atoms with Gasteiger partial charge in [0.25, 0.3) is 5.91 Å². The molecule has 1 aromatic rings. The fourth-order valence-corrected chi connectivity index (χ4v) is 1.64. The van der Waals surface area contributed by atoms with Gasteiger partial charge in [0.2, 0.25) is 6.43 Å². The van der Waals surface area contributed by atoms with Crippen molar-refractivity contribution in [2.75, 3.05) is 6.61 Å². The van der Waals surface area contributed by atoms with Crippen molar-refractivity contribution >= 4 is 35.1 Å². The van der Waals surface area contributed by atoms with Crippen molar-refractivity contribution in [2.24, 2.45) is 0 Å². The number of hydrogen-bond acceptors (Lipinski definition) is 3. The molecule has 1 atom stereocenters. The zero-order valence-corrected chi connectivity index (χ0v) is 12.0. The molecule has 5 nitrogen and oxygen atoms in total. The number of carboxylic acid groups (broad SMARTS) is 1. The Morgan fingerprint density at radius 3 is 2.48 bits per heavy atom. The molecule has 0 radical (unpaired) electrons. The van der Waals surface area contributed by atoms with Gasteiger partial charge in [0.15, 0.2) is 6.61 Å². The Bertz CT molecular complexity index is 528. The Kier molecular flexibility index (Phi) is 6.64. The number of hydrogen-bond donors (Lipinski definition) is 2. The van der Waals surface area contributed by atoms with Gasteiger partial charge >= 0.3 is 5.97 Å². The van der Waals surface area contributed by atoms with E-state index in [1.807, 2.05) is 5.32 Å². The molecule has 1 rings (SSSR count). The van der Waals surface area contributed by atoms with Crippen molar-refractivity contribution in [2.45, 2.75) is 18.9 Å². The number of halogens is 4. The standard InChI is InChI=1S/C12H11Cl2F2NO4/c13-7-2-1-6(3-8(7)14)21-5-11(18)17-9(12(19)20)4-10(15)16/h1-3,9-10H,4-5H2,(H,17,18)(H,19,20). The van der Waals surface area contributed by atoms with Crippen LogP contribution in [0.1, 0.15) is 6.42 Å². The first-order valence-corrected chi connectivity index (χ1v) is 6.43. The molecule has 1 amide bonds. The van der Waals surface area contributed by atoms with Gasteiger partial charge in [0.05, 0.1) is 10.0 Å². The second kappa shape index (κ2) is 7.99. The largest absolute Gasteiger partial charge is 0.484 e. The highest BCUT2D eigenvalue weighted by Gasteiger charge is 2.24. The smallest absolute Gasteiger partial charge is 0.326 e. The summed E-state index contributed by atoms with van der Waals surface area (Å²) in [6.07, 6.45) is -3.82. The number of ether oxygens (including phenoxy) is 1. The monoisotopic (exact) mass is 341 g/mol. The molecular formula is C12H11Cl2F2NO4. The number of carbonyl (C=O) groups is 2. The number of aliphatic carboxylic acids is 1. The number of rotatable bonds is 7. The molecule has 0 aliphatic heterocycles. The number of carbonyl (C=O) groups excluding carboxylic acids is 1. The molecule has 2 N–H and O–H groups in total. The number of nitrogens with one attached hydrogen (secondary N) is 1.